The fraction of sp³-hybridized carbons (Fsp3) is 0.579. The summed E-state index contributed by atoms with van der Waals surface area (Å²) in [6.07, 6.45) is 4.03. The molecule has 5 heteroatoms. The number of para-hydroxylation sites is 1. The molecule has 0 radical (unpaired) electrons. The first-order chi connectivity index (χ1) is 11.6. The topological polar surface area (TPSA) is 52.7 Å². The molecule has 1 aliphatic heterocycles. The molecule has 1 aromatic rings. The molecule has 2 amide bonds. The molecule has 1 aliphatic rings. The average Bonchev–Trinajstić information content (AvgIpc) is 2.77. The zero-order valence-electron chi connectivity index (χ0n) is 14.8. The van der Waals surface area contributed by atoms with Crippen LogP contribution in [0.2, 0.25) is 0 Å². The number of nitrogens with one attached hydrogen (secondary N) is 1. The zero-order valence-corrected chi connectivity index (χ0v) is 14.8. The number of likely N-dealkylation sites (tertiary alicyclic amines) is 1. The standard InChI is InChI=1S/C19H29N3O2/c1-3-22(16-10-5-4-6-11-16)15-9-14-20-19(24)17-12-7-8-13-18(23)21(17)2/h4-6,10-11,17H,3,7-9,12-15H2,1-2H3,(H,20,24). The van der Waals surface area contributed by atoms with Crippen LogP contribution in [-0.4, -0.2) is 49.4 Å². The maximum absolute atomic E-state index is 12.4. The first-order valence-corrected chi connectivity index (χ1v) is 8.97. The third-order valence-corrected chi connectivity index (χ3v) is 4.69. The molecule has 2 rings (SSSR count). The third kappa shape index (κ3) is 4.98. The lowest BCUT2D eigenvalue weighted by molar-refractivity contribution is -0.138. The van der Waals surface area contributed by atoms with Crippen molar-refractivity contribution >= 4 is 17.5 Å². The van der Waals surface area contributed by atoms with Gasteiger partial charge in [0.15, 0.2) is 0 Å². The number of nitrogens with zero attached hydrogens (tertiary/aromatic N) is 2. The minimum Gasteiger partial charge on any atom is -0.372 e. The van der Waals surface area contributed by atoms with E-state index >= 15 is 0 Å². The van der Waals surface area contributed by atoms with Crippen molar-refractivity contribution in [3.05, 3.63) is 30.3 Å². The molecular formula is C19H29N3O2. The Hall–Kier alpha value is -2.04. The van der Waals surface area contributed by atoms with E-state index in [2.05, 4.69) is 29.3 Å². The highest BCUT2D eigenvalue weighted by atomic mass is 16.2. The molecule has 1 unspecified atom stereocenters. The number of hydrogen-bond acceptors (Lipinski definition) is 3. The molecule has 0 aromatic heterocycles. The van der Waals surface area contributed by atoms with Gasteiger partial charge in [0.2, 0.25) is 11.8 Å². The van der Waals surface area contributed by atoms with Crippen LogP contribution >= 0.6 is 0 Å². The van der Waals surface area contributed by atoms with E-state index in [1.807, 2.05) is 18.2 Å². The number of hydrogen-bond donors (Lipinski definition) is 1. The number of benzene rings is 1. The summed E-state index contributed by atoms with van der Waals surface area (Å²) in [5, 5.41) is 3.00. The van der Waals surface area contributed by atoms with Crippen LogP contribution < -0.4 is 10.2 Å². The molecule has 0 spiro atoms. The van der Waals surface area contributed by atoms with E-state index in [9.17, 15) is 9.59 Å². The largest absolute Gasteiger partial charge is 0.372 e. The molecule has 0 saturated carbocycles. The summed E-state index contributed by atoms with van der Waals surface area (Å²) in [7, 11) is 1.74. The lowest BCUT2D eigenvalue weighted by Crippen LogP contribution is -2.47. The molecule has 132 valence electrons. The second-order valence-corrected chi connectivity index (χ2v) is 6.33. The highest BCUT2D eigenvalue weighted by molar-refractivity contribution is 5.87. The fourth-order valence-electron chi connectivity index (χ4n) is 3.17. The van der Waals surface area contributed by atoms with Gasteiger partial charge in [0.1, 0.15) is 6.04 Å². The van der Waals surface area contributed by atoms with Gasteiger partial charge in [0.05, 0.1) is 0 Å². The minimum absolute atomic E-state index is 0.0180. The van der Waals surface area contributed by atoms with Crippen LogP contribution in [0.25, 0.3) is 0 Å². The van der Waals surface area contributed by atoms with Crippen LogP contribution in [0.15, 0.2) is 30.3 Å². The first kappa shape index (κ1) is 18.3. The highest BCUT2D eigenvalue weighted by Crippen LogP contribution is 2.16. The van der Waals surface area contributed by atoms with Gasteiger partial charge in [0.25, 0.3) is 0 Å². The van der Waals surface area contributed by atoms with Gasteiger partial charge in [-0.1, -0.05) is 24.6 Å². The number of carbonyl (C=O) groups is 2. The summed E-state index contributed by atoms with van der Waals surface area (Å²) in [5.41, 5.74) is 1.21. The Morgan fingerprint density at radius 3 is 2.75 bits per heavy atom. The predicted molar refractivity (Wildman–Crippen MR) is 97.0 cm³/mol. The van der Waals surface area contributed by atoms with Crippen molar-refractivity contribution in [1.82, 2.24) is 10.2 Å². The summed E-state index contributed by atoms with van der Waals surface area (Å²) in [4.78, 5) is 28.2. The Bertz CT molecular complexity index is 533. The number of amides is 2. The van der Waals surface area contributed by atoms with E-state index in [0.717, 1.165) is 38.8 Å². The Balaban J connectivity index is 1.76. The average molecular weight is 331 g/mol. The van der Waals surface area contributed by atoms with Crippen molar-refractivity contribution in [1.29, 1.82) is 0 Å². The molecular weight excluding hydrogens is 302 g/mol. The summed E-state index contributed by atoms with van der Waals surface area (Å²) in [6.45, 7) is 4.62. The van der Waals surface area contributed by atoms with Crippen molar-refractivity contribution in [2.45, 2.75) is 45.1 Å². The molecule has 0 aliphatic carbocycles. The zero-order chi connectivity index (χ0) is 17.4. The second-order valence-electron chi connectivity index (χ2n) is 6.33. The van der Waals surface area contributed by atoms with E-state index < -0.39 is 0 Å². The molecule has 1 fully saturated rings. The van der Waals surface area contributed by atoms with Gasteiger partial charge in [-0.15, -0.1) is 0 Å². The van der Waals surface area contributed by atoms with Gasteiger partial charge in [-0.3, -0.25) is 9.59 Å². The fourth-order valence-corrected chi connectivity index (χ4v) is 3.17. The van der Waals surface area contributed by atoms with E-state index in [1.165, 1.54) is 5.69 Å². The van der Waals surface area contributed by atoms with Gasteiger partial charge in [-0.05, 0) is 38.3 Å². The van der Waals surface area contributed by atoms with Gasteiger partial charge in [-0.2, -0.15) is 0 Å². The summed E-state index contributed by atoms with van der Waals surface area (Å²) >= 11 is 0. The van der Waals surface area contributed by atoms with Crippen LogP contribution in [0.3, 0.4) is 0 Å². The highest BCUT2D eigenvalue weighted by Gasteiger charge is 2.28. The van der Waals surface area contributed by atoms with Crippen LogP contribution in [0.4, 0.5) is 5.69 Å². The molecule has 1 aromatic carbocycles. The summed E-state index contributed by atoms with van der Waals surface area (Å²) in [5.74, 6) is 0.0596. The van der Waals surface area contributed by atoms with Crippen molar-refractivity contribution in [2.75, 3.05) is 31.6 Å². The SMILES string of the molecule is CCN(CCCNC(=O)C1CCCCC(=O)N1C)c1ccccc1. The van der Waals surface area contributed by atoms with Gasteiger partial charge >= 0.3 is 0 Å². The van der Waals surface area contributed by atoms with Crippen molar-refractivity contribution in [3.8, 4) is 0 Å². The molecule has 5 nitrogen and oxygen atoms in total. The number of carbonyl (C=O) groups excluding carboxylic acids is 2. The van der Waals surface area contributed by atoms with E-state index in [1.54, 1.807) is 11.9 Å². The predicted octanol–water partition coefficient (Wildman–Crippen LogP) is 2.42. The van der Waals surface area contributed by atoms with Crippen LogP contribution in [-0.2, 0) is 9.59 Å². The molecule has 24 heavy (non-hydrogen) atoms. The third-order valence-electron chi connectivity index (χ3n) is 4.69. The van der Waals surface area contributed by atoms with Crippen LogP contribution in [0, 0.1) is 0 Å². The van der Waals surface area contributed by atoms with Crippen molar-refractivity contribution in [2.24, 2.45) is 0 Å². The Labute approximate surface area is 145 Å². The monoisotopic (exact) mass is 331 g/mol. The summed E-state index contributed by atoms with van der Waals surface area (Å²) in [6, 6.07) is 10.00. The smallest absolute Gasteiger partial charge is 0.242 e. The maximum Gasteiger partial charge on any atom is 0.242 e. The van der Waals surface area contributed by atoms with E-state index in [-0.39, 0.29) is 17.9 Å². The lowest BCUT2D eigenvalue weighted by Gasteiger charge is -2.26. The van der Waals surface area contributed by atoms with Gasteiger partial charge < -0.3 is 15.1 Å². The van der Waals surface area contributed by atoms with Crippen molar-refractivity contribution < 1.29 is 9.59 Å². The quantitative estimate of drug-likeness (QED) is 0.781. The Morgan fingerprint density at radius 2 is 2.04 bits per heavy atom. The number of rotatable bonds is 7. The van der Waals surface area contributed by atoms with Gasteiger partial charge in [0, 0.05) is 38.8 Å². The van der Waals surface area contributed by atoms with Crippen molar-refractivity contribution in [3.63, 3.8) is 0 Å². The maximum atomic E-state index is 12.4. The molecule has 1 heterocycles. The minimum atomic E-state index is -0.309. The van der Waals surface area contributed by atoms with E-state index in [4.69, 9.17) is 0 Å². The number of anilines is 1. The number of likely N-dealkylation sites (N-methyl/N-ethyl adjacent to an activating group) is 1. The summed E-state index contributed by atoms with van der Waals surface area (Å²) < 4.78 is 0. The first-order valence-electron chi connectivity index (χ1n) is 8.97. The normalized spacial score (nSPS) is 18.2. The Kier molecular flexibility index (Phi) is 7.09. The lowest BCUT2D eigenvalue weighted by atomic mass is 10.1. The Morgan fingerprint density at radius 1 is 1.29 bits per heavy atom. The van der Waals surface area contributed by atoms with Crippen LogP contribution in [0.5, 0.6) is 0 Å². The molecule has 1 atom stereocenters. The van der Waals surface area contributed by atoms with Gasteiger partial charge in [-0.25, -0.2) is 0 Å². The molecule has 1 N–H and O–H groups in total. The van der Waals surface area contributed by atoms with Crippen LogP contribution in [0.1, 0.15) is 39.0 Å². The molecule has 0 bridgehead atoms. The molecule has 1 saturated heterocycles. The van der Waals surface area contributed by atoms with E-state index in [0.29, 0.717) is 13.0 Å². The second kappa shape index (κ2) is 9.30.